The molecule has 1 amide bonds. The minimum atomic E-state index is -0.621. The molecule has 1 aromatic heterocycles. The monoisotopic (exact) mass is 363 g/mol. The van der Waals surface area contributed by atoms with Crippen molar-refractivity contribution in [2.75, 3.05) is 20.3 Å². The van der Waals surface area contributed by atoms with Crippen molar-refractivity contribution in [1.82, 2.24) is 14.7 Å². The van der Waals surface area contributed by atoms with Crippen molar-refractivity contribution < 1.29 is 19.1 Å². The minimum absolute atomic E-state index is 0.0156. The topological polar surface area (TPSA) is 73.7 Å². The number of esters is 1. The number of ether oxygens (including phenoxy) is 2. The lowest BCUT2D eigenvalue weighted by Crippen LogP contribution is -2.40. The fraction of sp³-hybridized carbons (Fsp3) is 0.353. The number of nitrogens with zero attached hydrogens (tertiary/aromatic N) is 3. The molecule has 7 nitrogen and oxygen atoms in total. The van der Waals surface area contributed by atoms with E-state index >= 15 is 0 Å². The standard InChI is InChI=1S/C17H18ClN3O4/c1-3-25-17(23)14-13(18)15-16(22)20(8-9-21(15)19-14)10-11-4-6-12(24-2)7-5-11/h4-7H,3,8-10H2,1-2H3. The Morgan fingerprint density at radius 1 is 1.28 bits per heavy atom. The Hall–Kier alpha value is -2.54. The minimum Gasteiger partial charge on any atom is -0.497 e. The lowest BCUT2D eigenvalue weighted by molar-refractivity contribution is 0.0517. The Labute approximate surface area is 150 Å². The van der Waals surface area contributed by atoms with Gasteiger partial charge in [-0.1, -0.05) is 23.7 Å². The van der Waals surface area contributed by atoms with Crippen LogP contribution in [0.25, 0.3) is 0 Å². The fourth-order valence-electron chi connectivity index (χ4n) is 2.70. The van der Waals surface area contributed by atoms with Crippen LogP contribution in [-0.4, -0.2) is 46.8 Å². The number of hydrogen-bond acceptors (Lipinski definition) is 5. The molecule has 0 saturated carbocycles. The number of methoxy groups -OCH3 is 1. The number of fused-ring (bicyclic) bond motifs is 1. The zero-order valence-corrected chi connectivity index (χ0v) is 14.7. The van der Waals surface area contributed by atoms with E-state index in [4.69, 9.17) is 21.1 Å². The Bertz CT molecular complexity index is 801. The molecule has 1 aliphatic rings. The van der Waals surface area contributed by atoms with Crippen LogP contribution < -0.4 is 4.74 Å². The number of carbonyl (C=O) groups is 2. The van der Waals surface area contributed by atoms with Crippen molar-refractivity contribution in [2.24, 2.45) is 0 Å². The second kappa shape index (κ2) is 7.14. The van der Waals surface area contributed by atoms with E-state index in [0.29, 0.717) is 19.6 Å². The van der Waals surface area contributed by atoms with Crippen LogP contribution >= 0.6 is 11.6 Å². The normalized spacial score (nSPS) is 13.6. The highest BCUT2D eigenvalue weighted by Gasteiger charge is 2.33. The van der Waals surface area contributed by atoms with Gasteiger partial charge < -0.3 is 14.4 Å². The van der Waals surface area contributed by atoms with E-state index in [9.17, 15) is 9.59 Å². The van der Waals surface area contributed by atoms with Crippen LogP contribution in [0.3, 0.4) is 0 Å². The number of amides is 1. The molecule has 132 valence electrons. The van der Waals surface area contributed by atoms with Gasteiger partial charge in [0, 0.05) is 13.1 Å². The Kier molecular flexibility index (Phi) is 4.94. The summed E-state index contributed by atoms with van der Waals surface area (Å²) in [5.74, 6) is -0.118. The smallest absolute Gasteiger partial charge is 0.360 e. The first kappa shape index (κ1) is 17.3. The number of hydrogen-bond donors (Lipinski definition) is 0. The lowest BCUT2D eigenvalue weighted by Gasteiger charge is -2.27. The van der Waals surface area contributed by atoms with Crippen molar-refractivity contribution in [3.05, 3.63) is 46.2 Å². The maximum atomic E-state index is 12.8. The summed E-state index contributed by atoms with van der Waals surface area (Å²) in [7, 11) is 1.60. The molecule has 0 radical (unpaired) electrons. The third kappa shape index (κ3) is 3.32. The van der Waals surface area contributed by atoms with Crippen LogP contribution in [0.5, 0.6) is 5.75 Å². The largest absolute Gasteiger partial charge is 0.497 e. The molecule has 0 N–H and O–H groups in total. The van der Waals surface area contributed by atoms with Crippen LogP contribution in [-0.2, 0) is 17.8 Å². The Morgan fingerprint density at radius 3 is 2.64 bits per heavy atom. The van der Waals surface area contributed by atoms with Crippen molar-refractivity contribution >= 4 is 23.5 Å². The Morgan fingerprint density at radius 2 is 2.00 bits per heavy atom. The molecule has 2 aromatic rings. The maximum Gasteiger partial charge on any atom is 0.360 e. The van der Waals surface area contributed by atoms with Gasteiger partial charge >= 0.3 is 5.97 Å². The van der Waals surface area contributed by atoms with E-state index in [0.717, 1.165) is 11.3 Å². The molecule has 0 aliphatic carbocycles. The first-order valence-corrected chi connectivity index (χ1v) is 8.28. The van der Waals surface area contributed by atoms with Gasteiger partial charge in [0.1, 0.15) is 16.5 Å². The van der Waals surface area contributed by atoms with Gasteiger partial charge in [-0.3, -0.25) is 9.48 Å². The number of aromatic nitrogens is 2. The summed E-state index contributed by atoms with van der Waals surface area (Å²) in [5, 5.41) is 4.17. The molecule has 0 unspecified atom stereocenters. The van der Waals surface area contributed by atoms with Crippen LogP contribution in [0, 0.1) is 0 Å². The van der Waals surface area contributed by atoms with Crippen molar-refractivity contribution in [2.45, 2.75) is 20.0 Å². The predicted molar refractivity (Wildman–Crippen MR) is 90.9 cm³/mol. The Balaban J connectivity index is 1.81. The average Bonchev–Trinajstić information content (AvgIpc) is 2.96. The van der Waals surface area contributed by atoms with Gasteiger partial charge in [0.25, 0.3) is 5.91 Å². The van der Waals surface area contributed by atoms with Crippen molar-refractivity contribution in [3.63, 3.8) is 0 Å². The lowest BCUT2D eigenvalue weighted by atomic mass is 10.1. The first-order chi connectivity index (χ1) is 12.0. The van der Waals surface area contributed by atoms with Crippen molar-refractivity contribution in [3.8, 4) is 5.75 Å². The number of benzene rings is 1. The maximum absolute atomic E-state index is 12.8. The van der Waals surface area contributed by atoms with E-state index in [1.165, 1.54) is 4.68 Å². The van der Waals surface area contributed by atoms with Crippen LogP contribution in [0.15, 0.2) is 24.3 Å². The number of carbonyl (C=O) groups excluding carboxylic acids is 2. The fourth-order valence-corrected chi connectivity index (χ4v) is 3.00. The molecular weight excluding hydrogens is 346 g/mol. The quantitative estimate of drug-likeness (QED) is 0.762. The number of halogens is 1. The summed E-state index contributed by atoms with van der Waals surface area (Å²) in [5.41, 5.74) is 1.19. The van der Waals surface area contributed by atoms with Gasteiger partial charge in [0.05, 0.1) is 20.3 Å². The van der Waals surface area contributed by atoms with E-state index < -0.39 is 5.97 Å². The first-order valence-electron chi connectivity index (χ1n) is 7.90. The molecule has 2 heterocycles. The number of rotatable bonds is 5. The van der Waals surface area contributed by atoms with Gasteiger partial charge in [-0.25, -0.2) is 4.79 Å². The third-order valence-corrected chi connectivity index (χ3v) is 4.33. The van der Waals surface area contributed by atoms with E-state index in [-0.39, 0.29) is 28.9 Å². The van der Waals surface area contributed by atoms with Gasteiger partial charge in [0.2, 0.25) is 0 Å². The predicted octanol–water partition coefficient (Wildman–Crippen LogP) is 2.38. The highest BCUT2D eigenvalue weighted by molar-refractivity contribution is 6.36. The van der Waals surface area contributed by atoms with Crippen molar-refractivity contribution in [1.29, 1.82) is 0 Å². The molecule has 0 spiro atoms. The van der Waals surface area contributed by atoms with E-state index in [1.54, 1.807) is 18.9 Å². The van der Waals surface area contributed by atoms with Crippen LogP contribution in [0.2, 0.25) is 5.02 Å². The van der Waals surface area contributed by atoms with Gasteiger partial charge in [-0.05, 0) is 24.6 Å². The van der Waals surface area contributed by atoms with E-state index in [1.807, 2.05) is 24.3 Å². The summed E-state index contributed by atoms with van der Waals surface area (Å²) in [6, 6.07) is 7.51. The molecule has 0 bridgehead atoms. The van der Waals surface area contributed by atoms with Gasteiger partial charge in [-0.2, -0.15) is 5.10 Å². The summed E-state index contributed by atoms with van der Waals surface area (Å²) in [6.45, 7) is 3.31. The molecule has 1 aromatic carbocycles. The highest BCUT2D eigenvalue weighted by Crippen LogP contribution is 2.26. The SMILES string of the molecule is CCOC(=O)c1nn2c(c1Cl)C(=O)N(Cc1ccc(OC)cc1)CC2. The molecule has 3 rings (SSSR count). The average molecular weight is 364 g/mol. The molecule has 0 fully saturated rings. The molecule has 25 heavy (non-hydrogen) atoms. The van der Waals surface area contributed by atoms with Gasteiger partial charge in [-0.15, -0.1) is 0 Å². The second-order valence-electron chi connectivity index (χ2n) is 5.53. The highest BCUT2D eigenvalue weighted by atomic mass is 35.5. The summed E-state index contributed by atoms with van der Waals surface area (Å²) >= 11 is 6.23. The molecule has 0 saturated heterocycles. The third-order valence-electron chi connectivity index (χ3n) is 3.97. The summed E-state index contributed by atoms with van der Waals surface area (Å²) < 4.78 is 11.5. The van der Waals surface area contributed by atoms with Crippen LogP contribution in [0.4, 0.5) is 0 Å². The molecule has 1 aliphatic heterocycles. The zero-order valence-electron chi connectivity index (χ0n) is 14.0. The summed E-state index contributed by atoms with van der Waals surface area (Å²) in [4.78, 5) is 26.3. The second-order valence-corrected chi connectivity index (χ2v) is 5.91. The summed E-state index contributed by atoms with van der Waals surface area (Å²) in [6.07, 6.45) is 0. The zero-order chi connectivity index (χ0) is 18.0. The molecule has 8 heteroatoms. The van der Waals surface area contributed by atoms with Gasteiger partial charge in [0.15, 0.2) is 5.69 Å². The molecular formula is C17H18ClN3O4. The van der Waals surface area contributed by atoms with E-state index in [2.05, 4.69) is 5.10 Å². The van der Waals surface area contributed by atoms with Crippen LogP contribution in [0.1, 0.15) is 33.5 Å². The molecule has 0 atom stereocenters.